The first-order valence-corrected chi connectivity index (χ1v) is 10.4. The van der Waals surface area contributed by atoms with Gasteiger partial charge in [0.25, 0.3) is 5.91 Å². The number of amides is 2. The van der Waals surface area contributed by atoms with Crippen molar-refractivity contribution in [3.8, 4) is 5.75 Å². The molecule has 3 aromatic rings. The van der Waals surface area contributed by atoms with Gasteiger partial charge in [-0.1, -0.05) is 41.9 Å². The van der Waals surface area contributed by atoms with Crippen LogP contribution in [0.25, 0.3) is 0 Å². The molecule has 2 amide bonds. The van der Waals surface area contributed by atoms with Crippen LogP contribution in [-0.2, 0) is 17.8 Å². The van der Waals surface area contributed by atoms with E-state index < -0.39 is 5.54 Å². The molecular weight excluding hydrogens is 412 g/mol. The van der Waals surface area contributed by atoms with Crippen molar-refractivity contribution in [2.24, 2.45) is 0 Å². The molecule has 4 rings (SSSR count). The second-order valence-electron chi connectivity index (χ2n) is 7.76. The van der Waals surface area contributed by atoms with Crippen LogP contribution in [0.3, 0.4) is 0 Å². The van der Waals surface area contributed by atoms with Crippen LogP contribution in [0.4, 0.5) is 5.69 Å². The van der Waals surface area contributed by atoms with Crippen LogP contribution in [0.1, 0.15) is 28.4 Å². The molecule has 0 aromatic heterocycles. The Hall–Kier alpha value is -3.31. The van der Waals surface area contributed by atoms with Crippen LogP contribution < -0.4 is 15.0 Å². The van der Waals surface area contributed by atoms with Crippen LogP contribution in [0, 0.1) is 0 Å². The summed E-state index contributed by atoms with van der Waals surface area (Å²) in [5.74, 6) is 0.331. The van der Waals surface area contributed by atoms with Crippen LogP contribution in [0.15, 0.2) is 72.8 Å². The number of nitrogens with one attached hydrogen (secondary N) is 1. The predicted molar refractivity (Wildman–Crippen MR) is 122 cm³/mol. The molecule has 31 heavy (non-hydrogen) atoms. The summed E-state index contributed by atoms with van der Waals surface area (Å²) in [6.45, 7) is 2.15. The molecule has 1 aliphatic rings. The second-order valence-corrected chi connectivity index (χ2v) is 8.19. The number of methoxy groups -OCH3 is 1. The third-order valence-electron chi connectivity index (χ3n) is 5.67. The molecular formula is C25H23ClN2O3. The van der Waals surface area contributed by atoms with Gasteiger partial charge in [-0.05, 0) is 60.5 Å². The van der Waals surface area contributed by atoms with Crippen LogP contribution in [0.2, 0.25) is 5.02 Å². The van der Waals surface area contributed by atoms with Gasteiger partial charge in [-0.15, -0.1) is 0 Å². The van der Waals surface area contributed by atoms with Gasteiger partial charge in [0.15, 0.2) is 0 Å². The first kappa shape index (κ1) is 20.9. The number of nitrogens with zero attached hydrogens (tertiary/aromatic N) is 1. The topological polar surface area (TPSA) is 58.6 Å². The summed E-state index contributed by atoms with van der Waals surface area (Å²) >= 11 is 6.05. The van der Waals surface area contributed by atoms with Crippen molar-refractivity contribution in [1.29, 1.82) is 0 Å². The molecule has 1 heterocycles. The molecule has 0 fully saturated rings. The summed E-state index contributed by atoms with van der Waals surface area (Å²) in [4.78, 5) is 28.5. The van der Waals surface area contributed by atoms with Crippen molar-refractivity contribution in [3.63, 3.8) is 0 Å². The number of benzene rings is 3. The fourth-order valence-corrected chi connectivity index (χ4v) is 4.09. The zero-order valence-corrected chi connectivity index (χ0v) is 18.1. The van der Waals surface area contributed by atoms with E-state index in [4.69, 9.17) is 16.3 Å². The van der Waals surface area contributed by atoms with Gasteiger partial charge in [-0.2, -0.15) is 0 Å². The zero-order valence-electron chi connectivity index (χ0n) is 17.4. The van der Waals surface area contributed by atoms with Gasteiger partial charge in [0.05, 0.1) is 7.11 Å². The number of anilines is 1. The zero-order chi connectivity index (χ0) is 22.0. The van der Waals surface area contributed by atoms with Gasteiger partial charge in [0.1, 0.15) is 11.3 Å². The average Bonchev–Trinajstić information content (AvgIpc) is 2.79. The molecule has 6 heteroatoms. The summed E-state index contributed by atoms with van der Waals surface area (Å²) < 4.78 is 5.18. The van der Waals surface area contributed by atoms with E-state index in [9.17, 15) is 9.59 Å². The molecule has 1 unspecified atom stereocenters. The highest BCUT2D eigenvalue weighted by molar-refractivity contribution is 6.30. The van der Waals surface area contributed by atoms with Crippen LogP contribution >= 0.6 is 11.6 Å². The number of hydrogen-bond donors (Lipinski definition) is 1. The first-order valence-electron chi connectivity index (χ1n) is 10.0. The Kier molecular flexibility index (Phi) is 5.70. The monoisotopic (exact) mass is 434 g/mol. The second kappa shape index (κ2) is 8.44. The number of fused-ring (bicyclic) bond motifs is 1. The quantitative estimate of drug-likeness (QED) is 0.637. The molecule has 3 aromatic carbocycles. The SMILES string of the molecule is COc1ccc(CNC(=O)C2(C)Cc3ccccc3C(=O)N2c2ccc(Cl)cc2)cc1. The molecule has 0 spiro atoms. The molecule has 0 saturated heterocycles. The minimum atomic E-state index is -1.09. The van der Waals surface area contributed by atoms with Crippen LogP contribution in [-0.4, -0.2) is 24.5 Å². The lowest BCUT2D eigenvalue weighted by Gasteiger charge is -2.44. The van der Waals surface area contributed by atoms with E-state index in [2.05, 4.69) is 5.32 Å². The van der Waals surface area contributed by atoms with Gasteiger partial charge in [0, 0.05) is 29.2 Å². The number of halogens is 1. The van der Waals surface area contributed by atoms with Gasteiger partial charge >= 0.3 is 0 Å². The first-order chi connectivity index (χ1) is 14.9. The number of ether oxygens (including phenoxy) is 1. The average molecular weight is 435 g/mol. The molecule has 0 aliphatic carbocycles. The van der Waals surface area contributed by atoms with E-state index in [1.807, 2.05) is 42.5 Å². The summed E-state index contributed by atoms with van der Waals surface area (Å²) in [6, 6.07) is 21.9. The maximum Gasteiger partial charge on any atom is 0.259 e. The Balaban J connectivity index is 1.66. The summed E-state index contributed by atoms with van der Waals surface area (Å²) in [5, 5.41) is 3.58. The van der Waals surface area contributed by atoms with E-state index in [1.165, 1.54) is 0 Å². The Labute approximate surface area is 186 Å². The lowest BCUT2D eigenvalue weighted by molar-refractivity contribution is -0.126. The third kappa shape index (κ3) is 4.01. The van der Waals surface area contributed by atoms with E-state index in [-0.39, 0.29) is 11.8 Å². The van der Waals surface area contributed by atoms with Gasteiger partial charge < -0.3 is 10.1 Å². The highest BCUT2D eigenvalue weighted by atomic mass is 35.5. The number of hydrogen-bond acceptors (Lipinski definition) is 3. The summed E-state index contributed by atoms with van der Waals surface area (Å²) in [5.41, 5.74) is 1.95. The van der Waals surface area contributed by atoms with Gasteiger partial charge in [-0.3, -0.25) is 14.5 Å². The van der Waals surface area contributed by atoms with Crippen molar-refractivity contribution >= 4 is 29.1 Å². The normalized spacial score (nSPS) is 17.8. The Morgan fingerprint density at radius 1 is 1.06 bits per heavy atom. The number of rotatable bonds is 5. The molecule has 0 saturated carbocycles. The number of carbonyl (C=O) groups is 2. The van der Waals surface area contributed by atoms with Crippen molar-refractivity contribution in [2.75, 3.05) is 12.0 Å². The minimum absolute atomic E-state index is 0.203. The van der Waals surface area contributed by atoms with E-state index in [0.29, 0.717) is 29.2 Å². The lowest BCUT2D eigenvalue weighted by atomic mass is 9.82. The lowest BCUT2D eigenvalue weighted by Crippen LogP contribution is -2.63. The maximum atomic E-state index is 13.5. The Bertz CT molecular complexity index is 1110. The fourth-order valence-electron chi connectivity index (χ4n) is 3.97. The predicted octanol–water partition coefficient (Wildman–Crippen LogP) is 4.63. The van der Waals surface area contributed by atoms with Gasteiger partial charge in [0.2, 0.25) is 5.91 Å². The molecule has 1 atom stereocenters. The molecule has 1 aliphatic heterocycles. The van der Waals surface area contributed by atoms with E-state index >= 15 is 0 Å². The smallest absolute Gasteiger partial charge is 0.259 e. The summed E-state index contributed by atoms with van der Waals surface area (Å²) in [6.07, 6.45) is 0.409. The number of carbonyl (C=O) groups excluding carboxylic acids is 2. The van der Waals surface area contributed by atoms with Crippen molar-refractivity contribution < 1.29 is 14.3 Å². The van der Waals surface area contributed by atoms with E-state index in [0.717, 1.165) is 16.9 Å². The minimum Gasteiger partial charge on any atom is -0.497 e. The molecule has 1 N–H and O–H groups in total. The Morgan fingerprint density at radius 2 is 1.74 bits per heavy atom. The molecule has 158 valence electrons. The van der Waals surface area contributed by atoms with Gasteiger partial charge in [-0.25, -0.2) is 0 Å². The largest absolute Gasteiger partial charge is 0.497 e. The van der Waals surface area contributed by atoms with E-state index in [1.54, 1.807) is 49.3 Å². The standard InChI is InChI=1S/C25H23ClN2O3/c1-25(24(30)27-16-17-7-13-21(31-2)14-8-17)15-18-5-3-4-6-22(18)23(29)28(25)20-11-9-19(26)10-12-20/h3-14H,15-16H2,1-2H3,(H,27,30). The molecule has 5 nitrogen and oxygen atoms in total. The van der Waals surface area contributed by atoms with Crippen molar-refractivity contribution in [2.45, 2.75) is 25.4 Å². The van der Waals surface area contributed by atoms with Crippen molar-refractivity contribution in [1.82, 2.24) is 5.32 Å². The highest BCUT2D eigenvalue weighted by Crippen LogP contribution is 2.36. The fraction of sp³-hybridized carbons (Fsp3) is 0.200. The third-order valence-corrected chi connectivity index (χ3v) is 5.92. The maximum absolute atomic E-state index is 13.5. The highest BCUT2D eigenvalue weighted by Gasteiger charge is 2.47. The molecule has 0 radical (unpaired) electrons. The Morgan fingerprint density at radius 3 is 2.42 bits per heavy atom. The van der Waals surface area contributed by atoms with Crippen molar-refractivity contribution in [3.05, 3.63) is 94.5 Å². The van der Waals surface area contributed by atoms with Crippen LogP contribution in [0.5, 0.6) is 5.75 Å². The molecule has 0 bridgehead atoms. The summed E-state index contributed by atoms with van der Waals surface area (Å²) in [7, 11) is 1.61.